The van der Waals surface area contributed by atoms with E-state index in [2.05, 4.69) is 15.2 Å². The Balaban J connectivity index is 0.00000289. The van der Waals surface area contributed by atoms with E-state index >= 15 is 0 Å². The van der Waals surface area contributed by atoms with Gasteiger partial charge in [-0.2, -0.15) is 8.42 Å². The van der Waals surface area contributed by atoms with E-state index in [1.165, 1.54) is 18.3 Å². The number of pyridine rings is 1. The van der Waals surface area contributed by atoms with Crippen molar-refractivity contribution < 1.29 is 18.1 Å². The summed E-state index contributed by atoms with van der Waals surface area (Å²) in [5, 5.41) is 19.3. The fraction of sp³-hybridized carbons (Fsp3) is 0. The van der Waals surface area contributed by atoms with E-state index in [0.29, 0.717) is 27.4 Å². The van der Waals surface area contributed by atoms with Gasteiger partial charge in [0, 0.05) is 21.4 Å². The molecule has 8 nitrogen and oxygen atoms in total. The second kappa shape index (κ2) is 9.53. The summed E-state index contributed by atoms with van der Waals surface area (Å²) in [5.41, 5.74) is 7.76. The van der Waals surface area contributed by atoms with Crippen molar-refractivity contribution in [3.8, 4) is 17.0 Å². The van der Waals surface area contributed by atoms with E-state index < -0.39 is 10.1 Å². The number of nitrogens with two attached hydrogens (primary N) is 1. The van der Waals surface area contributed by atoms with Crippen molar-refractivity contribution in [3.05, 3.63) is 71.9 Å². The summed E-state index contributed by atoms with van der Waals surface area (Å²) >= 11 is 5.97. The van der Waals surface area contributed by atoms with E-state index in [1.807, 2.05) is 0 Å². The zero-order valence-electron chi connectivity index (χ0n) is 15.8. The molecule has 0 atom stereocenters. The van der Waals surface area contributed by atoms with E-state index in [1.54, 1.807) is 48.5 Å². The summed E-state index contributed by atoms with van der Waals surface area (Å²) in [6.45, 7) is 0. The summed E-state index contributed by atoms with van der Waals surface area (Å²) < 4.78 is 33.2. The normalized spacial score (nSPS) is 11.6. The molecule has 0 aliphatic rings. The number of nitrogens with zero attached hydrogens (tertiary/aromatic N) is 3. The van der Waals surface area contributed by atoms with E-state index in [9.17, 15) is 18.1 Å². The quantitative estimate of drug-likeness (QED) is 0.166. The number of aromatic hydroxyl groups is 1. The average molecular weight is 479 g/mol. The number of nitrogen functional groups attached to an aromatic ring is 1. The van der Waals surface area contributed by atoms with Gasteiger partial charge in [-0.25, -0.2) is 0 Å². The number of halogens is 1. The Labute approximate surface area is 210 Å². The topological polar surface area (TPSA) is 138 Å². The van der Waals surface area contributed by atoms with Crippen LogP contribution in [0.5, 0.6) is 5.75 Å². The van der Waals surface area contributed by atoms with Crippen LogP contribution in [-0.2, 0) is 10.1 Å². The van der Waals surface area contributed by atoms with E-state index in [-0.39, 0.29) is 57.0 Å². The number of fused-ring (bicyclic) bond motifs is 1. The van der Waals surface area contributed by atoms with E-state index in [4.69, 9.17) is 17.3 Å². The van der Waals surface area contributed by atoms with Crippen LogP contribution in [0.25, 0.3) is 22.0 Å². The third kappa shape index (κ3) is 4.93. The van der Waals surface area contributed by atoms with Crippen LogP contribution in [0.4, 0.5) is 17.1 Å². The zero-order valence-corrected chi connectivity index (χ0v) is 17.3. The van der Waals surface area contributed by atoms with Crippen LogP contribution in [0.2, 0.25) is 5.02 Å². The molecule has 0 saturated heterocycles. The Morgan fingerprint density at radius 2 is 1.69 bits per heavy atom. The van der Waals surface area contributed by atoms with Gasteiger partial charge < -0.3 is 10.8 Å². The molecule has 0 aliphatic carbocycles. The van der Waals surface area contributed by atoms with Gasteiger partial charge in [-0.3, -0.25) is 9.54 Å². The molecule has 0 bridgehead atoms. The van der Waals surface area contributed by atoms with Crippen molar-refractivity contribution in [2.75, 3.05) is 5.73 Å². The first-order valence-corrected chi connectivity index (χ1v) is 10.7. The number of hydrogen-bond donors (Lipinski definition) is 3. The Morgan fingerprint density at radius 1 is 0.969 bits per heavy atom. The Hall–Kier alpha value is -2.53. The third-order valence-electron chi connectivity index (χ3n) is 4.56. The van der Waals surface area contributed by atoms with Crippen LogP contribution < -0.4 is 5.73 Å². The molecule has 158 valence electrons. The van der Waals surface area contributed by atoms with Gasteiger partial charge in [-0.1, -0.05) is 35.9 Å². The molecule has 0 radical (unpaired) electrons. The molecule has 0 unspecified atom stereocenters. The molecule has 0 aliphatic heterocycles. The van der Waals surface area contributed by atoms with Crippen LogP contribution in [-0.4, -0.2) is 52.6 Å². The molecule has 32 heavy (non-hydrogen) atoms. The number of azo groups is 1. The van der Waals surface area contributed by atoms with Crippen LogP contribution in [0.1, 0.15) is 0 Å². The summed E-state index contributed by atoms with van der Waals surface area (Å²) in [6.07, 6.45) is 1.43. The molecule has 4 N–H and O–H groups in total. The monoisotopic (exact) mass is 478 g/mol. The van der Waals surface area contributed by atoms with Gasteiger partial charge >= 0.3 is 29.6 Å². The zero-order chi connectivity index (χ0) is 22.2. The van der Waals surface area contributed by atoms with Crippen molar-refractivity contribution in [2.24, 2.45) is 10.2 Å². The first-order valence-electron chi connectivity index (χ1n) is 8.89. The van der Waals surface area contributed by atoms with Gasteiger partial charge in [0.15, 0.2) is 0 Å². The molecule has 0 fully saturated rings. The average Bonchev–Trinajstić information content (AvgIpc) is 2.75. The third-order valence-corrected chi connectivity index (χ3v) is 5.69. The number of phenols is 1. The van der Waals surface area contributed by atoms with Gasteiger partial charge in [0.1, 0.15) is 22.0 Å². The Bertz CT molecular complexity index is 1440. The second-order valence-electron chi connectivity index (χ2n) is 6.59. The standard InChI is InChI=1S/C21H15ClN4O4S.Na.H/c22-12-5-8-19(27)16(9-12)17-7-6-13(11-24-17)25-26-18-10-20(31(28,29)30)14-3-1-2-4-15(14)21(18)23;;/h1-11,27H,23H2,(H,28,29,30);;. The van der Waals surface area contributed by atoms with Crippen molar-refractivity contribution in [1.82, 2.24) is 4.98 Å². The van der Waals surface area contributed by atoms with Crippen LogP contribution in [0.3, 0.4) is 0 Å². The number of aromatic nitrogens is 1. The number of hydrogen-bond acceptors (Lipinski definition) is 7. The minimum absolute atomic E-state index is 0. The van der Waals surface area contributed by atoms with Crippen molar-refractivity contribution >= 4 is 79.1 Å². The van der Waals surface area contributed by atoms with Crippen LogP contribution >= 0.6 is 11.6 Å². The fourth-order valence-electron chi connectivity index (χ4n) is 3.08. The molecule has 1 aromatic heterocycles. The number of benzene rings is 3. The summed E-state index contributed by atoms with van der Waals surface area (Å²) in [7, 11) is -4.50. The summed E-state index contributed by atoms with van der Waals surface area (Å²) in [5.74, 6) is 0.0351. The van der Waals surface area contributed by atoms with Gasteiger partial charge in [-0.15, -0.1) is 10.2 Å². The van der Waals surface area contributed by atoms with E-state index in [0.717, 1.165) is 0 Å². The molecule has 0 amide bonds. The second-order valence-corrected chi connectivity index (χ2v) is 8.42. The minimum atomic E-state index is -4.50. The van der Waals surface area contributed by atoms with Crippen molar-refractivity contribution in [3.63, 3.8) is 0 Å². The molecule has 4 rings (SSSR count). The molecule has 11 heteroatoms. The number of phenolic OH excluding ortho intramolecular Hbond substituents is 1. The number of anilines is 1. The van der Waals surface area contributed by atoms with Gasteiger partial charge in [0.05, 0.1) is 17.6 Å². The fourth-order valence-corrected chi connectivity index (χ4v) is 3.96. The Morgan fingerprint density at radius 3 is 2.34 bits per heavy atom. The maximum absolute atomic E-state index is 11.8. The SMILES string of the molecule is Nc1c(N=Nc2ccc(-c3cc(Cl)ccc3O)nc2)cc(S(=O)(=O)O)c2ccccc12.[NaH]. The van der Waals surface area contributed by atoms with Gasteiger partial charge in [0.25, 0.3) is 10.1 Å². The van der Waals surface area contributed by atoms with Crippen LogP contribution in [0.15, 0.2) is 82.0 Å². The van der Waals surface area contributed by atoms with Gasteiger partial charge in [0.2, 0.25) is 0 Å². The predicted molar refractivity (Wildman–Crippen MR) is 126 cm³/mol. The molecular formula is C21H16ClN4NaO4S. The first kappa shape index (κ1) is 24.1. The molecule has 3 aromatic carbocycles. The molecule has 0 spiro atoms. The summed E-state index contributed by atoms with van der Waals surface area (Å²) in [6, 6.07) is 15.6. The van der Waals surface area contributed by atoms with Gasteiger partial charge in [-0.05, 0) is 36.4 Å². The van der Waals surface area contributed by atoms with Crippen molar-refractivity contribution in [1.29, 1.82) is 0 Å². The molecule has 4 aromatic rings. The molecule has 1 heterocycles. The first-order chi connectivity index (χ1) is 14.7. The number of rotatable bonds is 4. The van der Waals surface area contributed by atoms with Crippen LogP contribution in [0, 0.1) is 0 Å². The molecule has 0 saturated carbocycles. The maximum atomic E-state index is 11.8. The summed E-state index contributed by atoms with van der Waals surface area (Å²) in [4.78, 5) is 3.94. The van der Waals surface area contributed by atoms with Crippen molar-refractivity contribution in [2.45, 2.75) is 4.90 Å². The predicted octanol–water partition coefficient (Wildman–Crippen LogP) is 4.86. The Kier molecular flexibility index (Phi) is 7.19. The molecular weight excluding hydrogens is 463 g/mol.